The Morgan fingerprint density at radius 3 is 2.60 bits per heavy atom. The van der Waals surface area contributed by atoms with Crippen molar-refractivity contribution in [1.29, 1.82) is 10.5 Å². The Kier molecular flexibility index (Phi) is 5.59. The number of hydrazone groups is 1. The van der Waals surface area contributed by atoms with Gasteiger partial charge in [-0.2, -0.15) is 15.6 Å². The molecule has 25 heavy (non-hydrogen) atoms. The maximum absolute atomic E-state index is 12.3. The summed E-state index contributed by atoms with van der Waals surface area (Å²) in [6.07, 6.45) is 3.00. The van der Waals surface area contributed by atoms with Crippen molar-refractivity contribution in [3.8, 4) is 17.9 Å². The van der Waals surface area contributed by atoms with Crippen LogP contribution in [0.2, 0.25) is 0 Å². The second-order valence-corrected chi connectivity index (χ2v) is 4.71. The lowest BCUT2D eigenvalue weighted by atomic mass is 10.1. The molecule has 0 saturated carbocycles. The van der Waals surface area contributed by atoms with Crippen LogP contribution in [0.25, 0.3) is 0 Å². The summed E-state index contributed by atoms with van der Waals surface area (Å²) >= 11 is 0. The number of aryl methyl sites for hydroxylation is 1. The predicted octanol–water partition coefficient (Wildman–Crippen LogP) is 1.86. The molecule has 1 heterocycles. The van der Waals surface area contributed by atoms with E-state index in [2.05, 4.69) is 25.8 Å². The Hall–Kier alpha value is -3.98. The number of aromatic nitrogens is 2. The quantitative estimate of drug-likeness (QED) is 0.628. The van der Waals surface area contributed by atoms with E-state index in [9.17, 15) is 4.79 Å². The third-order valence-electron chi connectivity index (χ3n) is 2.99. The van der Waals surface area contributed by atoms with Gasteiger partial charge in [0.25, 0.3) is 5.91 Å². The van der Waals surface area contributed by atoms with Crippen LogP contribution in [0.1, 0.15) is 16.1 Å². The topological polar surface area (TPSA) is 136 Å². The number of hydrogen-bond donors (Lipinski definition) is 2. The van der Waals surface area contributed by atoms with Crippen LogP contribution in [0.4, 0.5) is 11.5 Å². The number of methoxy groups -OCH3 is 1. The molecular weight excluding hydrogens is 322 g/mol. The minimum absolute atomic E-state index is 0.321. The number of nitriles is 2. The Balaban J connectivity index is 2.19. The fourth-order valence-electron chi connectivity index (χ4n) is 1.76. The van der Waals surface area contributed by atoms with E-state index in [1.807, 2.05) is 0 Å². The molecule has 0 spiro atoms. The molecule has 1 aromatic heterocycles. The molecule has 1 aromatic carbocycles. The molecule has 0 bridgehead atoms. The van der Waals surface area contributed by atoms with Gasteiger partial charge in [-0.05, 0) is 25.1 Å². The Morgan fingerprint density at radius 2 is 2.00 bits per heavy atom. The zero-order chi connectivity index (χ0) is 18.2. The van der Waals surface area contributed by atoms with Crippen molar-refractivity contribution < 1.29 is 9.53 Å². The first-order chi connectivity index (χ1) is 12.1. The van der Waals surface area contributed by atoms with Gasteiger partial charge in [0.15, 0.2) is 5.82 Å². The molecule has 0 aliphatic carbocycles. The number of nitrogens with one attached hydrogen (secondary N) is 2. The normalized spacial score (nSPS) is 9.28. The number of anilines is 2. The van der Waals surface area contributed by atoms with Gasteiger partial charge >= 0.3 is 0 Å². The summed E-state index contributed by atoms with van der Waals surface area (Å²) in [4.78, 5) is 20.4. The highest BCUT2D eigenvalue weighted by atomic mass is 16.5. The van der Waals surface area contributed by atoms with Gasteiger partial charge in [0, 0.05) is 5.56 Å². The number of carbonyl (C=O) groups is 1. The molecule has 2 N–H and O–H groups in total. The number of rotatable bonds is 5. The molecular formula is C16H13N7O2. The zero-order valence-electron chi connectivity index (χ0n) is 13.4. The highest BCUT2D eigenvalue weighted by Gasteiger charge is 2.11. The average Bonchev–Trinajstić information content (AvgIpc) is 2.64. The minimum atomic E-state index is -0.388. The summed E-state index contributed by atoms with van der Waals surface area (Å²) in [7, 11) is 1.42. The molecule has 0 fully saturated rings. The van der Waals surface area contributed by atoms with Gasteiger partial charge in [-0.3, -0.25) is 15.2 Å². The van der Waals surface area contributed by atoms with E-state index in [1.165, 1.54) is 25.4 Å². The maximum Gasteiger partial charge on any atom is 0.256 e. The third kappa shape index (κ3) is 4.50. The smallest absolute Gasteiger partial charge is 0.256 e. The summed E-state index contributed by atoms with van der Waals surface area (Å²) in [5, 5.41) is 23.6. The van der Waals surface area contributed by atoms with Crippen molar-refractivity contribution in [2.75, 3.05) is 17.9 Å². The lowest BCUT2D eigenvalue weighted by molar-refractivity contribution is 0.102. The second kappa shape index (κ2) is 8.04. The first-order valence-corrected chi connectivity index (χ1v) is 6.99. The Labute approximate surface area is 143 Å². The van der Waals surface area contributed by atoms with Crippen LogP contribution in [-0.2, 0) is 0 Å². The van der Waals surface area contributed by atoms with Crippen LogP contribution in [0.15, 0.2) is 35.7 Å². The molecule has 2 rings (SSSR count). The molecule has 0 saturated heterocycles. The fraction of sp³-hybridized carbons (Fsp3) is 0.125. The van der Waals surface area contributed by atoms with Crippen LogP contribution in [0.5, 0.6) is 5.75 Å². The van der Waals surface area contributed by atoms with E-state index in [0.717, 1.165) is 5.69 Å². The largest absolute Gasteiger partial charge is 0.494 e. The van der Waals surface area contributed by atoms with E-state index >= 15 is 0 Å². The number of nitrogens with zero attached hydrogens (tertiary/aromatic N) is 5. The van der Waals surface area contributed by atoms with Crippen molar-refractivity contribution in [2.24, 2.45) is 5.10 Å². The van der Waals surface area contributed by atoms with E-state index in [1.54, 1.807) is 31.3 Å². The molecule has 2 aromatic rings. The van der Waals surface area contributed by atoms with Crippen LogP contribution in [0, 0.1) is 29.6 Å². The monoisotopic (exact) mass is 335 g/mol. The molecule has 1 amide bonds. The molecule has 0 aliphatic heterocycles. The zero-order valence-corrected chi connectivity index (χ0v) is 13.4. The van der Waals surface area contributed by atoms with Gasteiger partial charge in [-0.15, -0.1) is 0 Å². The number of hydrogen-bond acceptors (Lipinski definition) is 8. The van der Waals surface area contributed by atoms with Gasteiger partial charge in [0.2, 0.25) is 5.71 Å². The lowest BCUT2D eigenvalue weighted by Gasteiger charge is -2.10. The fourth-order valence-corrected chi connectivity index (χ4v) is 1.76. The predicted molar refractivity (Wildman–Crippen MR) is 90.0 cm³/mol. The highest BCUT2D eigenvalue weighted by Crippen LogP contribution is 2.26. The Bertz CT molecular complexity index is 876. The van der Waals surface area contributed by atoms with E-state index < -0.39 is 0 Å². The lowest BCUT2D eigenvalue weighted by Crippen LogP contribution is -2.13. The van der Waals surface area contributed by atoms with E-state index in [0.29, 0.717) is 22.8 Å². The summed E-state index contributed by atoms with van der Waals surface area (Å²) in [5.74, 6) is 0.261. The number of carbonyl (C=O) groups excluding carboxylic acids is 1. The molecule has 9 heteroatoms. The number of ether oxygens (including phenoxy) is 1. The van der Waals surface area contributed by atoms with Gasteiger partial charge in [-0.1, -0.05) is 0 Å². The highest BCUT2D eigenvalue weighted by molar-refractivity contribution is 6.10. The molecule has 124 valence electrons. The summed E-state index contributed by atoms with van der Waals surface area (Å²) in [5.41, 5.74) is 3.69. The van der Waals surface area contributed by atoms with Crippen molar-refractivity contribution in [1.82, 2.24) is 9.97 Å². The first-order valence-electron chi connectivity index (χ1n) is 6.99. The van der Waals surface area contributed by atoms with Crippen LogP contribution in [0.3, 0.4) is 0 Å². The van der Waals surface area contributed by atoms with Crippen LogP contribution >= 0.6 is 0 Å². The SMILES string of the molecule is COc1cc(C(=O)Nc2cnc(C)cn2)ccc1NN=C(C#N)C#N. The molecule has 0 unspecified atom stereocenters. The standard InChI is InChI=1S/C16H13N7O2/c1-10-8-20-15(9-19-10)21-16(24)11-3-4-13(14(5-11)25-2)23-22-12(6-17)7-18/h3-5,8-9,23H,1-2H3,(H,20,21,24). The van der Waals surface area contributed by atoms with Crippen LogP contribution in [-0.4, -0.2) is 28.7 Å². The molecule has 0 radical (unpaired) electrons. The van der Waals surface area contributed by atoms with Crippen molar-refractivity contribution in [2.45, 2.75) is 6.92 Å². The third-order valence-corrected chi connectivity index (χ3v) is 2.99. The van der Waals surface area contributed by atoms with E-state index in [-0.39, 0.29) is 11.6 Å². The van der Waals surface area contributed by atoms with Crippen molar-refractivity contribution in [3.63, 3.8) is 0 Å². The van der Waals surface area contributed by atoms with Crippen LogP contribution < -0.4 is 15.5 Å². The minimum Gasteiger partial charge on any atom is -0.494 e. The summed E-state index contributed by atoms with van der Waals surface area (Å²) in [6.45, 7) is 1.79. The van der Waals surface area contributed by atoms with Gasteiger partial charge in [0.05, 0.1) is 30.9 Å². The molecule has 0 aliphatic rings. The van der Waals surface area contributed by atoms with Gasteiger partial charge in [-0.25, -0.2) is 4.98 Å². The number of benzene rings is 1. The first kappa shape index (κ1) is 17.4. The number of amides is 1. The van der Waals surface area contributed by atoms with Crippen molar-refractivity contribution in [3.05, 3.63) is 41.9 Å². The Morgan fingerprint density at radius 1 is 1.24 bits per heavy atom. The molecule has 0 atom stereocenters. The van der Waals surface area contributed by atoms with Crippen molar-refractivity contribution >= 4 is 23.1 Å². The molecule has 9 nitrogen and oxygen atoms in total. The van der Waals surface area contributed by atoms with Gasteiger partial charge in [0.1, 0.15) is 17.9 Å². The van der Waals surface area contributed by atoms with E-state index in [4.69, 9.17) is 15.3 Å². The summed E-state index contributed by atoms with van der Waals surface area (Å²) < 4.78 is 5.20. The van der Waals surface area contributed by atoms with Gasteiger partial charge < -0.3 is 10.1 Å². The summed E-state index contributed by atoms with van der Waals surface area (Å²) in [6, 6.07) is 7.83. The average molecular weight is 335 g/mol. The maximum atomic E-state index is 12.3. The second-order valence-electron chi connectivity index (χ2n) is 4.71.